The lowest BCUT2D eigenvalue weighted by atomic mass is 9.95. The molecule has 0 N–H and O–H groups in total. The highest BCUT2D eigenvalue weighted by Gasteiger charge is 2.36. The Balaban J connectivity index is 1.40. The summed E-state index contributed by atoms with van der Waals surface area (Å²) in [4.78, 5) is 30.0. The minimum absolute atomic E-state index is 0.00868. The third-order valence-corrected chi connectivity index (χ3v) is 7.56. The summed E-state index contributed by atoms with van der Waals surface area (Å²) >= 11 is 0. The van der Waals surface area contributed by atoms with Crippen LogP contribution in [-0.4, -0.2) is 44.5 Å². The first-order valence-electron chi connectivity index (χ1n) is 14.2. The number of hydrogen-bond acceptors (Lipinski definition) is 6. The Hall–Kier alpha value is -5.37. The van der Waals surface area contributed by atoms with Crippen molar-refractivity contribution in [1.29, 1.82) is 0 Å². The summed E-state index contributed by atoms with van der Waals surface area (Å²) in [6.07, 6.45) is 4.22. The van der Waals surface area contributed by atoms with E-state index < -0.39 is 12.0 Å². The molecular formula is C35H31N5O3. The van der Waals surface area contributed by atoms with Crippen molar-refractivity contribution in [2.45, 2.75) is 32.2 Å². The maximum Gasteiger partial charge on any atom is 0.306 e. The van der Waals surface area contributed by atoms with Crippen LogP contribution in [0.5, 0.6) is 0 Å². The number of pyridine rings is 1. The molecule has 0 saturated heterocycles. The van der Waals surface area contributed by atoms with Crippen LogP contribution in [0, 0.1) is 6.92 Å². The zero-order valence-corrected chi connectivity index (χ0v) is 24.1. The van der Waals surface area contributed by atoms with Crippen LogP contribution >= 0.6 is 0 Å². The number of hydrogen-bond donors (Lipinski definition) is 0. The van der Waals surface area contributed by atoms with E-state index in [1.165, 1.54) is 12.1 Å². The standard InChI is InChI=1S/C35H31N5O3/c1-24-11-13-27(14-12-24)35-29(23-39(38-35)28-8-4-3-5-9-28)32-22-31(37-40(32)33(41)19-20-34(42)43-2)26-17-15-25(16-18-26)30-10-6-7-21-36-30/h3-18,21,23,32H,19-20,22H2,1-2H3. The average Bonchev–Trinajstić information content (AvgIpc) is 3.70. The summed E-state index contributed by atoms with van der Waals surface area (Å²) in [5, 5.41) is 11.4. The fraction of sp³-hybridized carbons (Fsp3) is 0.171. The molecule has 0 saturated carbocycles. The van der Waals surface area contributed by atoms with Crippen molar-refractivity contribution in [3.05, 3.63) is 126 Å². The lowest BCUT2D eigenvalue weighted by molar-refractivity contribution is -0.144. The fourth-order valence-electron chi connectivity index (χ4n) is 5.23. The van der Waals surface area contributed by atoms with E-state index in [4.69, 9.17) is 14.9 Å². The smallest absolute Gasteiger partial charge is 0.306 e. The Morgan fingerprint density at radius 1 is 0.837 bits per heavy atom. The second kappa shape index (κ2) is 12.2. The second-order valence-electron chi connectivity index (χ2n) is 10.5. The van der Waals surface area contributed by atoms with Crippen molar-refractivity contribution in [3.63, 3.8) is 0 Å². The van der Waals surface area contributed by atoms with Gasteiger partial charge >= 0.3 is 5.97 Å². The number of esters is 1. The van der Waals surface area contributed by atoms with Gasteiger partial charge in [-0.2, -0.15) is 10.2 Å². The quantitative estimate of drug-likeness (QED) is 0.198. The SMILES string of the molecule is COC(=O)CCC(=O)N1N=C(c2ccc(-c3ccccn3)cc2)CC1c1cn(-c2ccccc2)nc1-c1ccc(C)cc1. The molecule has 43 heavy (non-hydrogen) atoms. The van der Waals surface area contributed by atoms with Crippen molar-refractivity contribution >= 4 is 17.6 Å². The molecule has 1 amide bonds. The number of para-hydroxylation sites is 1. The summed E-state index contributed by atoms with van der Waals surface area (Å²) in [7, 11) is 1.32. The van der Waals surface area contributed by atoms with Crippen molar-refractivity contribution in [1.82, 2.24) is 19.8 Å². The zero-order valence-electron chi connectivity index (χ0n) is 24.1. The molecule has 0 bridgehead atoms. The van der Waals surface area contributed by atoms with Crippen molar-refractivity contribution < 1.29 is 14.3 Å². The number of methoxy groups -OCH3 is 1. The minimum Gasteiger partial charge on any atom is -0.469 e. The number of benzene rings is 3. The molecular weight excluding hydrogens is 538 g/mol. The van der Waals surface area contributed by atoms with E-state index in [1.54, 1.807) is 6.20 Å². The highest BCUT2D eigenvalue weighted by molar-refractivity contribution is 6.03. The molecule has 3 aromatic carbocycles. The maximum atomic E-state index is 13.6. The third kappa shape index (κ3) is 5.99. The summed E-state index contributed by atoms with van der Waals surface area (Å²) in [5.74, 6) is -0.687. The van der Waals surface area contributed by atoms with Gasteiger partial charge in [0.05, 0.1) is 42.4 Å². The lowest BCUT2D eigenvalue weighted by Crippen LogP contribution is -2.27. The van der Waals surface area contributed by atoms with Gasteiger partial charge in [0.2, 0.25) is 5.91 Å². The number of carbonyl (C=O) groups excluding carboxylic acids is 2. The molecule has 1 atom stereocenters. The van der Waals surface area contributed by atoms with Gasteiger partial charge in [0.15, 0.2) is 0 Å². The number of aryl methyl sites for hydroxylation is 1. The molecule has 0 radical (unpaired) electrons. The molecule has 6 rings (SSSR count). The van der Waals surface area contributed by atoms with Crippen molar-refractivity contribution in [3.8, 4) is 28.2 Å². The molecule has 0 spiro atoms. The summed E-state index contributed by atoms with van der Waals surface area (Å²) in [6.45, 7) is 2.05. The van der Waals surface area contributed by atoms with Crippen LogP contribution in [-0.2, 0) is 14.3 Å². The summed E-state index contributed by atoms with van der Waals surface area (Å²) in [5.41, 5.74) is 8.25. The van der Waals surface area contributed by atoms with E-state index in [-0.39, 0.29) is 18.7 Å². The van der Waals surface area contributed by atoms with Crippen molar-refractivity contribution in [2.24, 2.45) is 5.10 Å². The van der Waals surface area contributed by atoms with Gasteiger partial charge < -0.3 is 4.74 Å². The van der Waals surface area contributed by atoms with Gasteiger partial charge in [0, 0.05) is 41.9 Å². The van der Waals surface area contributed by atoms with E-state index >= 15 is 0 Å². The maximum absolute atomic E-state index is 13.6. The largest absolute Gasteiger partial charge is 0.469 e. The molecule has 1 aliphatic heterocycles. The zero-order chi connectivity index (χ0) is 29.8. The number of hydrazone groups is 1. The lowest BCUT2D eigenvalue weighted by Gasteiger charge is -2.21. The van der Waals surface area contributed by atoms with Crippen molar-refractivity contribution in [2.75, 3.05) is 7.11 Å². The second-order valence-corrected chi connectivity index (χ2v) is 10.5. The van der Waals surface area contributed by atoms with Crippen LogP contribution in [0.1, 0.15) is 42.0 Å². The van der Waals surface area contributed by atoms with Gasteiger partial charge in [-0.1, -0.05) is 78.4 Å². The Morgan fingerprint density at radius 3 is 2.23 bits per heavy atom. The van der Waals surface area contributed by atoms with Crippen LogP contribution < -0.4 is 0 Å². The Labute approximate surface area is 250 Å². The predicted molar refractivity (Wildman–Crippen MR) is 165 cm³/mol. The van der Waals surface area contributed by atoms with E-state index in [2.05, 4.69) is 17.1 Å². The monoisotopic (exact) mass is 569 g/mol. The molecule has 0 fully saturated rings. The first-order chi connectivity index (χ1) is 21.0. The number of amides is 1. The highest BCUT2D eigenvalue weighted by Crippen LogP contribution is 2.39. The molecule has 0 aliphatic carbocycles. The van der Waals surface area contributed by atoms with Gasteiger partial charge in [0.25, 0.3) is 0 Å². The van der Waals surface area contributed by atoms with Gasteiger partial charge in [-0.15, -0.1) is 0 Å². The molecule has 8 heteroatoms. The minimum atomic E-state index is -0.435. The van der Waals surface area contributed by atoms with Gasteiger partial charge in [-0.05, 0) is 36.8 Å². The number of ether oxygens (including phenoxy) is 1. The van der Waals surface area contributed by atoms with Crippen LogP contribution in [0.15, 0.2) is 115 Å². The molecule has 3 heterocycles. The number of rotatable bonds is 8. The number of carbonyl (C=O) groups is 2. The Morgan fingerprint density at radius 2 is 1.53 bits per heavy atom. The normalized spacial score (nSPS) is 14.4. The fourth-order valence-corrected chi connectivity index (χ4v) is 5.23. The molecule has 214 valence electrons. The molecule has 2 aromatic heterocycles. The highest BCUT2D eigenvalue weighted by atomic mass is 16.5. The van der Waals surface area contributed by atoms with E-state index in [0.29, 0.717) is 6.42 Å². The molecule has 1 aliphatic rings. The Bertz CT molecular complexity index is 1760. The van der Waals surface area contributed by atoms with Crippen LogP contribution in [0.2, 0.25) is 0 Å². The van der Waals surface area contributed by atoms with E-state index in [0.717, 1.165) is 50.6 Å². The van der Waals surface area contributed by atoms with Gasteiger partial charge in [0.1, 0.15) is 0 Å². The van der Waals surface area contributed by atoms with Crippen LogP contribution in [0.3, 0.4) is 0 Å². The third-order valence-electron chi connectivity index (χ3n) is 7.56. The first kappa shape index (κ1) is 27.8. The van der Waals surface area contributed by atoms with Crippen LogP contribution in [0.25, 0.3) is 28.2 Å². The molecule has 5 aromatic rings. The molecule has 1 unspecified atom stereocenters. The molecule has 8 nitrogen and oxygen atoms in total. The predicted octanol–water partition coefficient (Wildman–Crippen LogP) is 6.54. The van der Waals surface area contributed by atoms with E-state index in [1.807, 2.05) is 103 Å². The summed E-state index contributed by atoms with van der Waals surface area (Å²) in [6, 6.07) is 31.6. The summed E-state index contributed by atoms with van der Waals surface area (Å²) < 4.78 is 6.64. The van der Waals surface area contributed by atoms with E-state index in [9.17, 15) is 9.59 Å². The average molecular weight is 570 g/mol. The number of nitrogens with zero attached hydrogens (tertiary/aromatic N) is 5. The first-order valence-corrected chi connectivity index (χ1v) is 14.2. The topological polar surface area (TPSA) is 89.7 Å². The van der Waals surface area contributed by atoms with Crippen LogP contribution in [0.4, 0.5) is 0 Å². The van der Waals surface area contributed by atoms with Gasteiger partial charge in [-0.3, -0.25) is 14.6 Å². The number of aromatic nitrogens is 3. The van der Waals surface area contributed by atoms with Gasteiger partial charge in [-0.25, -0.2) is 9.69 Å². The Kier molecular flexibility index (Phi) is 7.91.